The first-order chi connectivity index (χ1) is 8.08. The molecule has 0 unspecified atom stereocenters. The van der Waals surface area contributed by atoms with E-state index in [0.717, 1.165) is 12.8 Å². The fraction of sp³-hybridized carbons (Fsp3) is 0.545. The zero-order valence-electron chi connectivity index (χ0n) is 10.0. The van der Waals surface area contributed by atoms with E-state index < -0.39 is 0 Å². The van der Waals surface area contributed by atoms with Crippen LogP contribution in [-0.2, 0) is 16.6 Å². The van der Waals surface area contributed by atoms with Crippen LogP contribution in [0.15, 0.2) is 12.4 Å². The Hall–Kier alpha value is -1.85. The van der Waals surface area contributed by atoms with Crippen molar-refractivity contribution in [1.82, 2.24) is 14.7 Å². The summed E-state index contributed by atoms with van der Waals surface area (Å²) in [5, 5.41) is 6.75. The summed E-state index contributed by atoms with van der Waals surface area (Å²) in [6, 6.07) is -0.340. The number of anilines is 1. The number of carbonyl (C=O) groups is 2. The molecule has 1 saturated heterocycles. The normalized spacial score (nSPS) is 19.4. The van der Waals surface area contributed by atoms with Gasteiger partial charge in [0.25, 0.3) is 0 Å². The number of likely N-dealkylation sites (tertiary alicyclic amines) is 1. The lowest BCUT2D eigenvalue weighted by atomic mass is 10.2. The first kappa shape index (κ1) is 11.6. The molecule has 0 aromatic carbocycles. The summed E-state index contributed by atoms with van der Waals surface area (Å²) in [6.45, 7) is 2.16. The number of aromatic nitrogens is 2. The van der Waals surface area contributed by atoms with Crippen molar-refractivity contribution >= 4 is 17.5 Å². The third kappa shape index (κ3) is 2.46. The molecule has 1 atom stereocenters. The maximum atomic E-state index is 12.0. The van der Waals surface area contributed by atoms with Crippen molar-refractivity contribution in [2.24, 2.45) is 7.05 Å². The molecule has 1 fully saturated rings. The van der Waals surface area contributed by atoms with E-state index in [1.165, 1.54) is 6.92 Å². The molecule has 2 amide bonds. The lowest BCUT2D eigenvalue weighted by molar-refractivity contribution is -0.134. The van der Waals surface area contributed by atoms with Crippen molar-refractivity contribution in [2.75, 3.05) is 11.9 Å². The Labute approximate surface area is 99.6 Å². The van der Waals surface area contributed by atoms with Crippen molar-refractivity contribution in [3.63, 3.8) is 0 Å². The number of nitrogens with one attached hydrogen (secondary N) is 1. The quantitative estimate of drug-likeness (QED) is 0.806. The van der Waals surface area contributed by atoms with Gasteiger partial charge in [0.15, 0.2) is 0 Å². The third-order valence-corrected chi connectivity index (χ3v) is 2.93. The Morgan fingerprint density at radius 3 is 2.88 bits per heavy atom. The molecule has 17 heavy (non-hydrogen) atoms. The maximum absolute atomic E-state index is 12.0. The zero-order chi connectivity index (χ0) is 12.4. The van der Waals surface area contributed by atoms with E-state index in [1.54, 1.807) is 29.0 Å². The molecule has 92 valence electrons. The molecule has 1 aromatic rings. The van der Waals surface area contributed by atoms with E-state index in [9.17, 15) is 9.59 Å². The Morgan fingerprint density at radius 1 is 1.53 bits per heavy atom. The minimum absolute atomic E-state index is 0.0474. The van der Waals surface area contributed by atoms with E-state index in [2.05, 4.69) is 10.4 Å². The van der Waals surface area contributed by atoms with Crippen LogP contribution in [0, 0.1) is 0 Å². The molecule has 2 rings (SSSR count). The number of rotatable bonds is 2. The predicted octanol–water partition coefficient (Wildman–Crippen LogP) is 0.369. The summed E-state index contributed by atoms with van der Waals surface area (Å²) in [5.41, 5.74) is 0.660. The monoisotopic (exact) mass is 236 g/mol. The molecule has 0 aliphatic carbocycles. The van der Waals surface area contributed by atoms with Gasteiger partial charge in [0.1, 0.15) is 6.04 Å². The second-order valence-corrected chi connectivity index (χ2v) is 4.26. The molecule has 0 bridgehead atoms. The third-order valence-electron chi connectivity index (χ3n) is 2.93. The van der Waals surface area contributed by atoms with Gasteiger partial charge in [-0.25, -0.2) is 0 Å². The summed E-state index contributed by atoms with van der Waals surface area (Å²) in [5.74, 6) is -0.181. The fourth-order valence-corrected chi connectivity index (χ4v) is 2.13. The van der Waals surface area contributed by atoms with Gasteiger partial charge in [-0.3, -0.25) is 14.3 Å². The van der Waals surface area contributed by atoms with E-state index in [-0.39, 0.29) is 17.9 Å². The van der Waals surface area contributed by atoms with Gasteiger partial charge in [-0.15, -0.1) is 0 Å². The highest BCUT2D eigenvalue weighted by molar-refractivity contribution is 5.97. The molecule has 0 saturated carbocycles. The Morgan fingerprint density at radius 2 is 2.29 bits per heavy atom. The van der Waals surface area contributed by atoms with Crippen molar-refractivity contribution in [3.05, 3.63) is 12.4 Å². The second-order valence-electron chi connectivity index (χ2n) is 4.26. The van der Waals surface area contributed by atoms with Crippen LogP contribution in [0.3, 0.4) is 0 Å². The molecule has 1 aliphatic heterocycles. The van der Waals surface area contributed by atoms with E-state index >= 15 is 0 Å². The van der Waals surface area contributed by atoms with Gasteiger partial charge in [-0.2, -0.15) is 5.10 Å². The van der Waals surface area contributed by atoms with Crippen LogP contribution >= 0.6 is 0 Å². The number of aryl methyl sites for hydroxylation is 1. The molecule has 6 heteroatoms. The highest BCUT2D eigenvalue weighted by atomic mass is 16.2. The van der Waals surface area contributed by atoms with Crippen LogP contribution in [0.2, 0.25) is 0 Å². The number of amides is 2. The lowest BCUT2D eigenvalue weighted by Crippen LogP contribution is -2.42. The predicted molar refractivity (Wildman–Crippen MR) is 62.2 cm³/mol. The average molecular weight is 236 g/mol. The van der Waals surface area contributed by atoms with Crippen molar-refractivity contribution in [1.29, 1.82) is 0 Å². The SMILES string of the molecule is CC(=O)N1CCC[C@H]1C(=O)Nc1cnn(C)c1. The molecule has 1 N–H and O–H groups in total. The van der Waals surface area contributed by atoms with Crippen LogP contribution in [0.4, 0.5) is 5.69 Å². The van der Waals surface area contributed by atoms with Gasteiger partial charge in [-0.05, 0) is 12.8 Å². The second kappa shape index (κ2) is 4.57. The van der Waals surface area contributed by atoms with Gasteiger partial charge < -0.3 is 10.2 Å². The molecular formula is C11H16N4O2. The van der Waals surface area contributed by atoms with Crippen molar-refractivity contribution < 1.29 is 9.59 Å². The summed E-state index contributed by atoms with van der Waals surface area (Å²) in [4.78, 5) is 25.0. The Balaban J connectivity index is 2.02. The summed E-state index contributed by atoms with van der Waals surface area (Å²) < 4.78 is 1.62. The largest absolute Gasteiger partial charge is 0.331 e. The van der Waals surface area contributed by atoms with Gasteiger partial charge >= 0.3 is 0 Å². The maximum Gasteiger partial charge on any atom is 0.247 e. The topological polar surface area (TPSA) is 67.2 Å². The Bertz CT molecular complexity index is 440. The van der Waals surface area contributed by atoms with Crippen molar-refractivity contribution in [2.45, 2.75) is 25.8 Å². The molecular weight excluding hydrogens is 220 g/mol. The standard InChI is InChI=1S/C11H16N4O2/c1-8(16)15-5-3-4-10(15)11(17)13-9-6-12-14(2)7-9/h6-7,10H,3-5H2,1-2H3,(H,13,17)/t10-/m0/s1. The van der Waals surface area contributed by atoms with Gasteiger partial charge in [0.2, 0.25) is 11.8 Å². The number of hydrogen-bond donors (Lipinski definition) is 1. The summed E-state index contributed by atoms with van der Waals surface area (Å²) in [6.07, 6.45) is 4.92. The van der Waals surface area contributed by atoms with Crippen LogP contribution in [0.5, 0.6) is 0 Å². The minimum Gasteiger partial charge on any atom is -0.331 e. The van der Waals surface area contributed by atoms with Crippen molar-refractivity contribution in [3.8, 4) is 0 Å². The fourth-order valence-electron chi connectivity index (χ4n) is 2.13. The number of nitrogens with zero attached hydrogens (tertiary/aromatic N) is 3. The number of carbonyl (C=O) groups excluding carboxylic acids is 2. The van der Waals surface area contributed by atoms with E-state index in [1.807, 2.05) is 0 Å². The van der Waals surface area contributed by atoms with Gasteiger partial charge in [0, 0.05) is 26.7 Å². The molecule has 1 aromatic heterocycles. The van der Waals surface area contributed by atoms with E-state index in [4.69, 9.17) is 0 Å². The van der Waals surface area contributed by atoms with Gasteiger partial charge in [0.05, 0.1) is 11.9 Å². The van der Waals surface area contributed by atoms with Crippen LogP contribution in [-0.4, -0.2) is 39.1 Å². The molecule has 1 aliphatic rings. The first-order valence-electron chi connectivity index (χ1n) is 5.64. The number of hydrogen-bond acceptors (Lipinski definition) is 3. The average Bonchev–Trinajstić information content (AvgIpc) is 2.86. The van der Waals surface area contributed by atoms with Gasteiger partial charge in [-0.1, -0.05) is 0 Å². The highest BCUT2D eigenvalue weighted by Crippen LogP contribution is 2.19. The summed E-state index contributed by atoms with van der Waals surface area (Å²) >= 11 is 0. The van der Waals surface area contributed by atoms with E-state index in [0.29, 0.717) is 12.2 Å². The minimum atomic E-state index is -0.340. The highest BCUT2D eigenvalue weighted by Gasteiger charge is 2.32. The van der Waals surface area contributed by atoms with Crippen LogP contribution < -0.4 is 5.32 Å². The van der Waals surface area contributed by atoms with Crippen LogP contribution in [0.25, 0.3) is 0 Å². The van der Waals surface area contributed by atoms with Crippen LogP contribution in [0.1, 0.15) is 19.8 Å². The molecule has 0 radical (unpaired) electrons. The summed E-state index contributed by atoms with van der Waals surface area (Å²) in [7, 11) is 1.78. The zero-order valence-corrected chi connectivity index (χ0v) is 10.0. The lowest BCUT2D eigenvalue weighted by Gasteiger charge is -2.21. The first-order valence-corrected chi connectivity index (χ1v) is 5.64. The molecule has 0 spiro atoms. The molecule has 2 heterocycles. The smallest absolute Gasteiger partial charge is 0.247 e. The Kier molecular flexibility index (Phi) is 3.12. The molecule has 6 nitrogen and oxygen atoms in total.